The molecule has 1 amide bonds. The zero-order valence-corrected chi connectivity index (χ0v) is 11.4. The lowest BCUT2D eigenvalue weighted by molar-refractivity contribution is -0.140. The van der Waals surface area contributed by atoms with Crippen LogP contribution in [0, 0.1) is 5.92 Å². The van der Waals surface area contributed by atoms with Crippen LogP contribution < -0.4 is 5.32 Å². The van der Waals surface area contributed by atoms with E-state index in [1.54, 1.807) is 31.2 Å². The van der Waals surface area contributed by atoms with Crippen molar-refractivity contribution in [1.82, 2.24) is 0 Å². The molecule has 4 nitrogen and oxygen atoms in total. The predicted octanol–water partition coefficient (Wildman–Crippen LogP) is 2.73. The zero-order valence-electron chi connectivity index (χ0n) is 9.85. The van der Waals surface area contributed by atoms with Gasteiger partial charge in [0.25, 0.3) is 0 Å². The summed E-state index contributed by atoms with van der Waals surface area (Å²) in [6, 6.07) is 6.87. The highest BCUT2D eigenvalue weighted by molar-refractivity contribution is 8.00. The summed E-state index contributed by atoms with van der Waals surface area (Å²) in [5.41, 5.74) is 0.638. The first kappa shape index (κ1) is 14.9. The molecular formula is C12H14ClNO3S. The van der Waals surface area contributed by atoms with Crippen molar-refractivity contribution in [2.75, 3.05) is 16.8 Å². The van der Waals surface area contributed by atoms with Crippen LogP contribution in [0.2, 0.25) is 5.02 Å². The van der Waals surface area contributed by atoms with E-state index in [1.165, 1.54) is 11.8 Å². The van der Waals surface area contributed by atoms with E-state index in [-0.39, 0.29) is 11.7 Å². The topological polar surface area (TPSA) is 66.4 Å². The van der Waals surface area contributed by atoms with Gasteiger partial charge >= 0.3 is 5.97 Å². The summed E-state index contributed by atoms with van der Waals surface area (Å²) in [6.07, 6.45) is 0. The summed E-state index contributed by atoms with van der Waals surface area (Å²) >= 11 is 7.08. The molecule has 0 fully saturated rings. The van der Waals surface area contributed by atoms with Crippen LogP contribution >= 0.6 is 23.4 Å². The normalized spacial score (nSPS) is 11.9. The summed E-state index contributed by atoms with van der Waals surface area (Å²) < 4.78 is 0. The van der Waals surface area contributed by atoms with Crippen LogP contribution in [-0.4, -0.2) is 28.5 Å². The number of hydrogen-bond acceptors (Lipinski definition) is 3. The Morgan fingerprint density at radius 2 is 2.22 bits per heavy atom. The van der Waals surface area contributed by atoms with Crippen molar-refractivity contribution < 1.29 is 14.7 Å². The van der Waals surface area contributed by atoms with Crippen molar-refractivity contribution in [1.29, 1.82) is 0 Å². The van der Waals surface area contributed by atoms with Gasteiger partial charge in [-0.1, -0.05) is 24.6 Å². The number of carbonyl (C=O) groups is 2. The lowest BCUT2D eigenvalue weighted by Crippen LogP contribution is -2.17. The number of hydrogen-bond donors (Lipinski definition) is 2. The molecule has 18 heavy (non-hydrogen) atoms. The molecule has 1 aromatic rings. The number of thioether (sulfide) groups is 1. The molecule has 1 atom stereocenters. The predicted molar refractivity (Wildman–Crippen MR) is 74.2 cm³/mol. The molecule has 0 bridgehead atoms. The molecule has 2 N–H and O–H groups in total. The maximum absolute atomic E-state index is 11.6. The molecule has 0 aromatic heterocycles. The minimum Gasteiger partial charge on any atom is -0.481 e. The van der Waals surface area contributed by atoms with E-state index in [1.807, 2.05) is 0 Å². The van der Waals surface area contributed by atoms with Gasteiger partial charge in [-0.3, -0.25) is 9.59 Å². The summed E-state index contributed by atoms with van der Waals surface area (Å²) in [5.74, 6) is -0.825. The minimum atomic E-state index is -0.849. The smallest absolute Gasteiger partial charge is 0.307 e. The van der Waals surface area contributed by atoms with Crippen LogP contribution in [0.15, 0.2) is 24.3 Å². The third-order valence-electron chi connectivity index (χ3n) is 2.13. The fourth-order valence-electron chi connectivity index (χ4n) is 1.16. The van der Waals surface area contributed by atoms with E-state index in [0.29, 0.717) is 16.5 Å². The Labute approximate surface area is 115 Å². The maximum atomic E-state index is 11.6. The van der Waals surface area contributed by atoms with Crippen LogP contribution in [0.25, 0.3) is 0 Å². The SMILES string of the molecule is CC(CSCC(=O)Nc1cccc(Cl)c1)C(=O)O. The number of carboxylic acid groups (broad SMARTS) is 1. The van der Waals surface area contributed by atoms with Crippen molar-refractivity contribution in [2.45, 2.75) is 6.92 Å². The quantitative estimate of drug-likeness (QED) is 0.844. The molecule has 0 radical (unpaired) electrons. The Balaban J connectivity index is 2.32. The lowest BCUT2D eigenvalue weighted by Gasteiger charge is -2.07. The van der Waals surface area contributed by atoms with Gasteiger partial charge < -0.3 is 10.4 Å². The summed E-state index contributed by atoms with van der Waals surface area (Å²) in [5, 5.41) is 11.9. The van der Waals surface area contributed by atoms with Crippen molar-refractivity contribution >= 4 is 40.9 Å². The van der Waals surface area contributed by atoms with Crippen molar-refractivity contribution in [2.24, 2.45) is 5.92 Å². The highest BCUT2D eigenvalue weighted by Crippen LogP contribution is 2.15. The Morgan fingerprint density at radius 1 is 1.50 bits per heavy atom. The second-order valence-electron chi connectivity index (χ2n) is 3.81. The van der Waals surface area contributed by atoms with Gasteiger partial charge in [0, 0.05) is 16.5 Å². The number of carboxylic acids is 1. The van der Waals surface area contributed by atoms with Crippen LogP contribution in [0.4, 0.5) is 5.69 Å². The average Bonchev–Trinajstić information content (AvgIpc) is 2.28. The van der Waals surface area contributed by atoms with E-state index in [2.05, 4.69) is 5.32 Å². The first-order chi connectivity index (χ1) is 8.49. The van der Waals surface area contributed by atoms with Gasteiger partial charge in [0.15, 0.2) is 0 Å². The van der Waals surface area contributed by atoms with E-state index >= 15 is 0 Å². The van der Waals surface area contributed by atoms with Gasteiger partial charge in [0.2, 0.25) is 5.91 Å². The molecule has 6 heteroatoms. The van der Waals surface area contributed by atoms with Crippen LogP contribution in [0.5, 0.6) is 0 Å². The van der Waals surface area contributed by atoms with Gasteiger partial charge in [-0.2, -0.15) is 11.8 Å². The molecule has 0 heterocycles. The average molecular weight is 288 g/mol. The molecule has 1 unspecified atom stereocenters. The Hall–Kier alpha value is -1.20. The van der Waals surface area contributed by atoms with E-state index < -0.39 is 11.9 Å². The molecule has 0 spiro atoms. The summed E-state index contributed by atoms with van der Waals surface area (Å²) in [4.78, 5) is 22.1. The fourth-order valence-corrected chi connectivity index (χ4v) is 2.22. The monoisotopic (exact) mass is 287 g/mol. The van der Waals surface area contributed by atoms with Gasteiger partial charge in [0.1, 0.15) is 0 Å². The number of anilines is 1. The third-order valence-corrected chi connectivity index (χ3v) is 3.57. The molecule has 0 aliphatic heterocycles. The number of rotatable bonds is 6. The minimum absolute atomic E-state index is 0.167. The van der Waals surface area contributed by atoms with Gasteiger partial charge in [0.05, 0.1) is 11.7 Å². The van der Waals surface area contributed by atoms with E-state index in [9.17, 15) is 9.59 Å². The Bertz CT molecular complexity index is 439. The largest absolute Gasteiger partial charge is 0.481 e. The molecule has 0 saturated heterocycles. The first-order valence-electron chi connectivity index (χ1n) is 5.35. The lowest BCUT2D eigenvalue weighted by atomic mass is 10.2. The van der Waals surface area contributed by atoms with Gasteiger partial charge in [-0.25, -0.2) is 0 Å². The van der Waals surface area contributed by atoms with Crippen molar-refractivity contribution in [3.63, 3.8) is 0 Å². The molecule has 1 rings (SSSR count). The number of benzene rings is 1. The van der Waals surface area contributed by atoms with Crippen LogP contribution in [0.1, 0.15) is 6.92 Å². The molecular weight excluding hydrogens is 274 g/mol. The Morgan fingerprint density at radius 3 is 2.83 bits per heavy atom. The van der Waals surface area contributed by atoms with Gasteiger partial charge in [-0.05, 0) is 18.2 Å². The molecule has 0 aliphatic carbocycles. The Kier molecular flexibility index (Phi) is 6.01. The van der Waals surface area contributed by atoms with Crippen LogP contribution in [0.3, 0.4) is 0 Å². The molecule has 0 saturated carbocycles. The standard InChI is InChI=1S/C12H14ClNO3S/c1-8(12(16)17)6-18-7-11(15)14-10-4-2-3-9(13)5-10/h2-5,8H,6-7H2,1H3,(H,14,15)(H,16,17). The highest BCUT2D eigenvalue weighted by Gasteiger charge is 2.11. The van der Waals surface area contributed by atoms with Crippen LogP contribution in [-0.2, 0) is 9.59 Å². The number of halogens is 1. The highest BCUT2D eigenvalue weighted by atomic mass is 35.5. The number of nitrogens with one attached hydrogen (secondary N) is 1. The van der Waals surface area contributed by atoms with E-state index in [0.717, 1.165) is 0 Å². The van der Waals surface area contributed by atoms with Crippen molar-refractivity contribution in [3.05, 3.63) is 29.3 Å². The third kappa shape index (κ3) is 5.42. The number of amides is 1. The number of carbonyl (C=O) groups excluding carboxylic acids is 1. The first-order valence-corrected chi connectivity index (χ1v) is 6.88. The second kappa shape index (κ2) is 7.28. The fraction of sp³-hybridized carbons (Fsp3) is 0.333. The number of aliphatic carboxylic acids is 1. The summed E-state index contributed by atoms with van der Waals surface area (Å²) in [6.45, 7) is 1.62. The zero-order chi connectivity index (χ0) is 13.5. The summed E-state index contributed by atoms with van der Waals surface area (Å²) in [7, 11) is 0. The van der Waals surface area contributed by atoms with E-state index in [4.69, 9.17) is 16.7 Å². The molecule has 1 aromatic carbocycles. The van der Waals surface area contributed by atoms with Crippen molar-refractivity contribution in [3.8, 4) is 0 Å². The molecule has 0 aliphatic rings. The van der Waals surface area contributed by atoms with Gasteiger partial charge in [-0.15, -0.1) is 0 Å². The maximum Gasteiger partial charge on any atom is 0.307 e. The second-order valence-corrected chi connectivity index (χ2v) is 5.28. The molecule has 98 valence electrons.